The lowest BCUT2D eigenvalue weighted by Gasteiger charge is -2.12. The van der Waals surface area contributed by atoms with Gasteiger partial charge < -0.3 is 15.2 Å². The van der Waals surface area contributed by atoms with Gasteiger partial charge in [0, 0.05) is 28.3 Å². The highest BCUT2D eigenvalue weighted by Crippen LogP contribution is 2.23. The van der Waals surface area contributed by atoms with Crippen molar-refractivity contribution in [1.82, 2.24) is 14.8 Å². The molecule has 2 heterocycles. The number of nitrogens with zero attached hydrogens (tertiary/aromatic N) is 2. The zero-order chi connectivity index (χ0) is 22.8. The van der Waals surface area contributed by atoms with Crippen LogP contribution < -0.4 is 10.6 Å². The van der Waals surface area contributed by atoms with Crippen LogP contribution in [0.1, 0.15) is 11.3 Å². The first-order valence-electron chi connectivity index (χ1n) is 9.65. The zero-order valence-corrected chi connectivity index (χ0v) is 17.7. The zero-order valence-electron chi connectivity index (χ0n) is 16.9. The van der Waals surface area contributed by atoms with Crippen molar-refractivity contribution >= 4 is 41.2 Å². The maximum atomic E-state index is 13.0. The molecule has 0 spiro atoms. The molecule has 0 radical (unpaired) electrons. The second-order valence-electron chi connectivity index (χ2n) is 7.17. The highest BCUT2D eigenvalue weighted by atomic mass is 35.5. The van der Waals surface area contributed by atoms with Crippen molar-refractivity contribution < 1.29 is 18.8 Å². The lowest BCUT2D eigenvalue weighted by atomic mass is 10.2. The molecule has 2 aromatic carbocycles. The van der Waals surface area contributed by atoms with Crippen molar-refractivity contribution in [3.63, 3.8) is 0 Å². The van der Waals surface area contributed by atoms with Gasteiger partial charge in [-0.05, 0) is 67.1 Å². The number of aromatic nitrogens is 1. The van der Waals surface area contributed by atoms with Gasteiger partial charge in [0.1, 0.15) is 18.1 Å². The molecule has 4 rings (SSSR count). The fourth-order valence-electron chi connectivity index (χ4n) is 3.22. The van der Waals surface area contributed by atoms with Crippen LogP contribution in [-0.4, -0.2) is 33.9 Å². The Hall–Kier alpha value is -3.91. The van der Waals surface area contributed by atoms with Gasteiger partial charge in [0.05, 0.1) is 0 Å². The van der Waals surface area contributed by atoms with E-state index < -0.39 is 30.2 Å². The molecule has 0 aliphatic carbocycles. The van der Waals surface area contributed by atoms with E-state index in [1.807, 2.05) is 29.8 Å². The first kappa shape index (κ1) is 21.3. The number of urea groups is 1. The molecule has 32 heavy (non-hydrogen) atoms. The minimum Gasteiger partial charge on any atom is -0.325 e. The van der Waals surface area contributed by atoms with Crippen molar-refractivity contribution in [1.29, 1.82) is 0 Å². The van der Waals surface area contributed by atoms with Crippen LogP contribution in [0.3, 0.4) is 0 Å². The number of halogens is 2. The number of hydrogen-bond donors (Lipinski definition) is 2. The fraction of sp³-hybridized carbons (Fsp3) is 0.0870. The molecule has 2 N–H and O–H groups in total. The van der Waals surface area contributed by atoms with Crippen LogP contribution in [0.2, 0.25) is 5.02 Å². The molecule has 0 bridgehead atoms. The Balaban J connectivity index is 1.50. The molecule has 1 aliphatic heterocycles. The summed E-state index contributed by atoms with van der Waals surface area (Å²) in [6.45, 7) is 1.42. The highest BCUT2D eigenvalue weighted by Gasteiger charge is 2.35. The summed E-state index contributed by atoms with van der Waals surface area (Å²) in [5.74, 6) is -1.65. The Bertz CT molecular complexity index is 1250. The Morgan fingerprint density at radius 2 is 1.91 bits per heavy atom. The average molecular weight is 453 g/mol. The molecule has 1 fully saturated rings. The fourth-order valence-corrected chi connectivity index (χ4v) is 3.39. The van der Waals surface area contributed by atoms with Crippen molar-refractivity contribution in [3.8, 4) is 5.69 Å². The number of anilines is 1. The smallest absolute Gasteiger partial charge is 0.325 e. The minimum atomic E-state index is -0.702. The lowest BCUT2D eigenvalue weighted by Crippen LogP contribution is -2.38. The summed E-state index contributed by atoms with van der Waals surface area (Å²) in [5, 5.41) is 5.63. The average Bonchev–Trinajstić information content (AvgIpc) is 3.32. The number of rotatable bonds is 5. The van der Waals surface area contributed by atoms with Gasteiger partial charge in [-0.2, -0.15) is 0 Å². The van der Waals surface area contributed by atoms with E-state index in [-0.39, 0.29) is 5.70 Å². The molecular weight excluding hydrogens is 435 g/mol. The third-order valence-electron chi connectivity index (χ3n) is 4.90. The van der Waals surface area contributed by atoms with E-state index in [2.05, 4.69) is 10.6 Å². The van der Waals surface area contributed by atoms with Crippen molar-refractivity contribution in [2.75, 3.05) is 11.9 Å². The number of benzene rings is 2. The second kappa shape index (κ2) is 8.68. The summed E-state index contributed by atoms with van der Waals surface area (Å²) < 4.78 is 14.8. The SMILES string of the molecule is Cc1ccc(-n2cccc2/C=C2\NC(=O)N(CC(=O)Nc3ccc(F)cc3)C2=O)cc1Cl. The van der Waals surface area contributed by atoms with E-state index >= 15 is 0 Å². The van der Waals surface area contributed by atoms with Gasteiger partial charge in [0.2, 0.25) is 5.91 Å². The molecule has 0 atom stereocenters. The highest BCUT2D eigenvalue weighted by molar-refractivity contribution is 6.31. The van der Waals surface area contributed by atoms with E-state index in [9.17, 15) is 18.8 Å². The molecule has 7 nitrogen and oxygen atoms in total. The largest absolute Gasteiger partial charge is 0.329 e. The number of amides is 4. The van der Waals surface area contributed by atoms with E-state index in [0.717, 1.165) is 16.2 Å². The van der Waals surface area contributed by atoms with Crippen LogP contribution in [0, 0.1) is 12.7 Å². The van der Waals surface area contributed by atoms with Crippen molar-refractivity contribution in [3.05, 3.63) is 88.6 Å². The van der Waals surface area contributed by atoms with Crippen LogP contribution in [0.4, 0.5) is 14.9 Å². The van der Waals surface area contributed by atoms with Crippen LogP contribution >= 0.6 is 11.6 Å². The third-order valence-corrected chi connectivity index (χ3v) is 5.31. The summed E-state index contributed by atoms with van der Waals surface area (Å²) in [4.78, 5) is 38.1. The first-order valence-corrected chi connectivity index (χ1v) is 10.0. The Morgan fingerprint density at radius 1 is 1.16 bits per heavy atom. The number of hydrogen-bond acceptors (Lipinski definition) is 3. The Morgan fingerprint density at radius 3 is 2.62 bits per heavy atom. The van der Waals surface area contributed by atoms with Gasteiger partial charge in [-0.15, -0.1) is 0 Å². The van der Waals surface area contributed by atoms with Crippen LogP contribution in [0.5, 0.6) is 0 Å². The van der Waals surface area contributed by atoms with E-state index in [1.54, 1.807) is 18.2 Å². The van der Waals surface area contributed by atoms with Crippen LogP contribution in [-0.2, 0) is 9.59 Å². The number of nitrogens with one attached hydrogen (secondary N) is 2. The molecule has 1 saturated heterocycles. The third kappa shape index (κ3) is 4.40. The number of aryl methyl sites for hydroxylation is 1. The topological polar surface area (TPSA) is 83.4 Å². The summed E-state index contributed by atoms with van der Waals surface area (Å²) in [7, 11) is 0. The minimum absolute atomic E-state index is 0.0442. The number of carbonyl (C=O) groups excluding carboxylic acids is 3. The monoisotopic (exact) mass is 452 g/mol. The molecule has 9 heteroatoms. The van der Waals surface area contributed by atoms with Crippen molar-refractivity contribution in [2.45, 2.75) is 6.92 Å². The molecule has 3 aromatic rings. The molecule has 1 aliphatic rings. The summed E-state index contributed by atoms with van der Waals surface area (Å²) >= 11 is 6.23. The van der Waals surface area contributed by atoms with Crippen LogP contribution in [0.15, 0.2) is 66.5 Å². The Kier molecular flexibility index (Phi) is 5.79. The quantitative estimate of drug-likeness (QED) is 0.451. The number of imide groups is 1. The van der Waals surface area contributed by atoms with Crippen LogP contribution in [0.25, 0.3) is 11.8 Å². The molecule has 4 amide bonds. The maximum absolute atomic E-state index is 13.0. The second-order valence-corrected chi connectivity index (χ2v) is 7.58. The number of carbonyl (C=O) groups is 3. The van der Waals surface area contributed by atoms with E-state index in [1.165, 1.54) is 30.3 Å². The maximum Gasteiger partial charge on any atom is 0.329 e. The van der Waals surface area contributed by atoms with Gasteiger partial charge in [-0.3, -0.25) is 9.59 Å². The summed E-state index contributed by atoms with van der Waals surface area (Å²) in [5.41, 5.74) is 2.78. The van der Waals surface area contributed by atoms with Gasteiger partial charge in [-0.25, -0.2) is 14.1 Å². The van der Waals surface area contributed by atoms with Gasteiger partial charge in [-0.1, -0.05) is 17.7 Å². The molecular formula is C23H18ClFN4O3. The van der Waals surface area contributed by atoms with E-state index in [4.69, 9.17) is 11.6 Å². The normalized spacial score (nSPS) is 14.7. The van der Waals surface area contributed by atoms with Gasteiger partial charge in [0.25, 0.3) is 5.91 Å². The predicted octanol–water partition coefficient (Wildman–Crippen LogP) is 4.11. The lowest BCUT2D eigenvalue weighted by molar-refractivity contribution is -0.127. The predicted molar refractivity (Wildman–Crippen MR) is 119 cm³/mol. The van der Waals surface area contributed by atoms with Crippen molar-refractivity contribution in [2.24, 2.45) is 0 Å². The van der Waals surface area contributed by atoms with Gasteiger partial charge >= 0.3 is 6.03 Å². The van der Waals surface area contributed by atoms with Gasteiger partial charge in [0.15, 0.2) is 0 Å². The Labute approximate surface area is 188 Å². The summed E-state index contributed by atoms with van der Waals surface area (Å²) in [6, 6.07) is 13.6. The molecule has 162 valence electrons. The molecule has 0 unspecified atom stereocenters. The standard InChI is InChI=1S/C23H18ClFN4O3/c1-14-4-9-18(11-19(14)24)28-10-2-3-17(28)12-20-22(31)29(23(32)27-20)13-21(30)26-16-7-5-15(25)6-8-16/h2-12H,13H2,1H3,(H,26,30)(H,27,32)/b20-12-. The molecule has 1 aromatic heterocycles. The summed E-state index contributed by atoms with van der Waals surface area (Å²) in [6.07, 6.45) is 3.34. The first-order chi connectivity index (χ1) is 15.3. The molecule has 0 saturated carbocycles. The van der Waals surface area contributed by atoms with E-state index in [0.29, 0.717) is 16.4 Å².